The molecule has 23 aromatic carbocycles. The number of pyridine rings is 2. The summed E-state index contributed by atoms with van der Waals surface area (Å²) in [6.45, 7) is 33.4. The Hall–Kier alpha value is -15.5. The fraction of sp³-hybridized carbons (Fsp3) is 0.165. The van der Waals surface area contributed by atoms with E-state index in [4.69, 9.17) is 9.97 Å². The average molecular weight is 1800 g/mol. The summed E-state index contributed by atoms with van der Waals surface area (Å²) in [6, 6.07) is 118. The van der Waals surface area contributed by atoms with E-state index >= 15 is 0 Å². The number of allylic oxidation sites excluding steroid dienone is 3. The van der Waals surface area contributed by atoms with Crippen molar-refractivity contribution in [3.63, 3.8) is 0 Å². The number of hydrogen-bond donors (Lipinski definition) is 0. The quantitative estimate of drug-likeness (QED) is 0.141. The summed E-state index contributed by atoms with van der Waals surface area (Å²) in [6.07, 6.45) is 13.1. The van der Waals surface area contributed by atoms with Crippen molar-refractivity contribution < 1.29 is 0 Å². The van der Waals surface area contributed by atoms with Crippen LogP contribution in [0.1, 0.15) is 198 Å². The van der Waals surface area contributed by atoms with Gasteiger partial charge in [0, 0.05) is 61.4 Å². The first-order valence-corrected chi connectivity index (χ1v) is 51.1. The lowest BCUT2D eigenvalue weighted by molar-refractivity contribution is 0.641. The van der Waals surface area contributed by atoms with Crippen LogP contribution in [0, 0.1) is 0 Å². The molecular weight excluding hydrogens is 1700 g/mol. The van der Waals surface area contributed by atoms with E-state index in [2.05, 4.69) is 425 Å². The zero-order chi connectivity index (χ0) is 94.6. The molecule has 668 valence electrons. The lowest BCUT2D eigenvalue weighted by Crippen LogP contribution is -2.24. The molecule has 0 spiro atoms. The van der Waals surface area contributed by atoms with Crippen LogP contribution in [0.25, 0.3) is 240 Å². The van der Waals surface area contributed by atoms with Gasteiger partial charge in [-0.15, -0.1) is 0 Å². The van der Waals surface area contributed by atoms with Gasteiger partial charge in [0.2, 0.25) is 0 Å². The van der Waals surface area contributed by atoms with Gasteiger partial charge in [0.1, 0.15) is 0 Å². The van der Waals surface area contributed by atoms with Crippen molar-refractivity contribution in [1.29, 1.82) is 0 Å². The number of aromatic nitrogens is 2. The van der Waals surface area contributed by atoms with Crippen molar-refractivity contribution in [2.24, 2.45) is 0 Å². The first kappa shape index (κ1) is 80.5. The van der Waals surface area contributed by atoms with Gasteiger partial charge in [-0.25, -0.2) is 0 Å². The molecule has 0 bridgehead atoms. The lowest BCUT2D eigenvalue weighted by atomic mass is 9.68. The Bertz CT molecular complexity index is 10000. The maximum absolute atomic E-state index is 4.92. The molecule has 0 aliphatic heterocycles. The number of nitrogens with zero attached hydrogens (tertiary/aromatic N) is 2. The van der Waals surface area contributed by atoms with Crippen molar-refractivity contribution in [3.05, 3.63) is 429 Å². The third kappa shape index (κ3) is 9.95. The van der Waals surface area contributed by atoms with Gasteiger partial charge in [-0.2, -0.15) is 0 Å². The smallest absolute Gasteiger partial charge is 0.0749 e. The molecule has 141 heavy (non-hydrogen) atoms. The van der Waals surface area contributed by atoms with Crippen LogP contribution in [0.15, 0.2) is 334 Å². The van der Waals surface area contributed by atoms with Gasteiger partial charge >= 0.3 is 0 Å². The molecule has 25 aromatic rings. The van der Waals surface area contributed by atoms with Gasteiger partial charge in [-0.05, 0) is 380 Å². The van der Waals surface area contributed by atoms with Crippen molar-refractivity contribution in [1.82, 2.24) is 9.97 Å². The van der Waals surface area contributed by atoms with Crippen molar-refractivity contribution in [2.75, 3.05) is 0 Å². The molecule has 9 aliphatic rings. The Balaban J connectivity index is 0.0000000865. The van der Waals surface area contributed by atoms with Crippen LogP contribution < -0.4 is 0 Å². The largest absolute Gasteiger partial charge is 0.260 e. The predicted octanol–water partition coefficient (Wildman–Crippen LogP) is 36.9. The minimum Gasteiger partial charge on any atom is -0.260 e. The first-order valence-electron chi connectivity index (χ1n) is 51.1. The highest BCUT2D eigenvalue weighted by molar-refractivity contribution is 6.34. The summed E-state index contributed by atoms with van der Waals surface area (Å²) in [5.74, 6) is 0. The number of rotatable bonds is 0. The van der Waals surface area contributed by atoms with Crippen molar-refractivity contribution in [3.8, 4) is 78.0 Å². The highest BCUT2D eigenvalue weighted by Gasteiger charge is 2.48. The van der Waals surface area contributed by atoms with E-state index in [1.54, 1.807) is 0 Å². The van der Waals surface area contributed by atoms with E-state index in [0.717, 1.165) is 18.5 Å². The average Bonchev–Trinajstić information content (AvgIpc) is 1.47. The zero-order valence-corrected chi connectivity index (χ0v) is 82.1. The molecule has 0 saturated carbocycles. The second-order valence-corrected chi connectivity index (χ2v) is 46.2. The molecule has 2 aromatic heterocycles. The lowest BCUT2D eigenvalue weighted by Gasteiger charge is -2.35. The first-order chi connectivity index (χ1) is 68.3. The van der Waals surface area contributed by atoms with Gasteiger partial charge in [0.05, 0.1) is 11.4 Å². The summed E-state index contributed by atoms with van der Waals surface area (Å²) in [4.78, 5) is 9.76. The molecule has 0 N–H and O–H groups in total. The van der Waals surface area contributed by atoms with Crippen LogP contribution in [0.4, 0.5) is 0 Å². The van der Waals surface area contributed by atoms with Crippen LogP contribution in [-0.2, 0) is 44.3 Å². The topological polar surface area (TPSA) is 25.8 Å². The molecule has 0 atom stereocenters. The standard InChI is InChI=1S/C38H28.C35H24.C34H26.C32H24N2/c1-37(2)29-17-15-21-8-5-6-11-25(21)35(29)27-19-31-28(20-30(27)37)36-26-16-14-23-10-7-9-22-12-13-24(34(26)33(22)23)18-32(36)38(31,3)4;1-35(2)33-26-17-16-20-7-3-6-19-14-15-23(31(26)28(19)20)18-27(33)32-24-10-4-8-21-12-13-22-9-5-11-25(34(32)35)30(22)29(21)24;1-33(2)25-11-7-5-9-21(25)31-23-15-14-20-18-28-32(22-10-6-8-12-26(22)34(28,3)4)24-16-13-19(17-27(31)33)29(23)30(20)24;1-31(2)23-12-10-17-9-11-20-25-18(15-21-19-7-5-14-34-30(19)32(3,4)28(20)21)16-22(27(23)26(17)25)29-24(31)8-6-13-33-29/h5-20H,1-4H3;3-5,7-14,16-18H,6,15H2,1-2H3;5-18H,1-4H3;5-16H,1-4H3. The van der Waals surface area contributed by atoms with Crippen LogP contribution in [0.5, 0.6) is 0 Å². The Morgan fingerprint density at radius 2 is 0.631 bits per heavy atom. The second-order valence-electron chi connectivity index (χ2n) is 46.2. The second kappa shape index (κ2) is 26.7. The van der Waals surface area contributed by atoms with Crippen LogP contribution >= 0.6 is 0 Å². The number of benzene rings is 23. The Morgan fingerprint density at radius 1 is 0.206 bits per heavy atom. The third-order valence-electron chi connectivity index (χ3n) is 36.7. The molecule has 9 aliphatic carbocycles. The molecule has 2 nitrogen and oxygen atoms in total. The van der Waals surface area contributed by atoms with Gasteiger partial charge in [-0.3, -0.25) is 9.97 Å². The van der Waals surface area contributed by atoms with Crippen molar-refractivity contribution in [2.45, 2.75) is 148 Å². The zero-order valence-electron chi connectivity index (χ0n) is 82.1. The minimum atomic E-state index is -0.135. The fourth-order valence-electron chi connectivity index (χ4n) is 30.3. The predicted molar refractivity (Wildman–Crippen MR) is 599 cm³/mol. The van der Waals surface area contributed by atoms with E-state index in [9.17, 15) is 0 Å². The Labute approximate surface area is 820 Å². The monoisotopic (exact) mass is 1800 g/mol. The van der Waals surface area contributed by atoms with Gasteiger partial charge in [-0.1, -0.05) is 364 Å². The molecule has 0 unspecified atom stereocenters. The molecule has 0 saturated heterocycles. The molecule has 0 amide bonds. The minimum absolute atomic E-state index is 0.0145. The fourth-order valence-corrected chi connectivity index (χ4v) is 30.3. The summed E-state index contributed by atoms with van der Waals surface area (Å²) in [5, 5.41) is 38.7. The molecule has 2 heteroatoms. The van der Waals surface area contributed by atoms with E-state index in [1.807, 2.05) is 12.4 Å². The third-order valence-corrected chi connectivity index (χ3v) is 36.7. The highest BCUT2D eigenvalue weighted by Crippen LogP contribution is 2.66. The summed E-state index contributed by atoms with van der Waals surface area (Å²) in [7, 11) is 0. The molecule has 2 heterocycles. The maximum atomic E-state index is 4.92. The number of fused-ring (bicyclic) bond motifs is 29. The van der Waals surface area contributed by atoms with Gasteiger partial charge in [0.25, 0.3) is 0 Å². The number of hydrogen-bond acceptors (Lipinski definition) is 2. The maximum Gasteiger partial charge on any atom is 0.0749 e. The van der Waals surface area contributed by atoms with Crippen LogP contribution in [0.3, 0.4) is 0 Å². The van der Waals surface area contributed by atoms with Crippen molar-refractivity contribution >= 4 is 162 Å². The Morgan fingerprint density at radius 3 is 1.30 bits per heavy atom. The summed E-state index contributed by atoms with van der Waals surface area (Å²) < 4.78 is 0. The van der Waals surface area contributed by atoms with Gasteiger partial charge in [0.15, 0.2) is 0 Å². The van der Waals surface area contributed by atoms with E-state index in [-0.39, 0.29) is 37.9 Å². The normalized spacial score (nSPS) is 16.7. The van der Waals surface area contributed by atoms with Crippen LogP contribution in [0.2, 0.25) is 0 Å². The molecule has 34 rings (SSSR count). The van der Waals surface area contributed by atoms with Crippen LogP contribution in [-0.4, -0.2) is 9.97 Å². The molecule has 0 radical (unpaired) electrons. The van der Waals surface area contributed by atoms with E-state index in [0.29, 0.717) is 0 Å². The molecular formula is C139H102N2. The summed E-state index contributed by atoms with van der Waals surface area (Å²) >= 11 is 0. The SMILES string of the molecule is CC1(C)c2c(cc3c4c5c(ccc24)C=CCC5=CC3)-c2c1c1cccc3ccc4cccc2c4c31.CC1(C)c2cc3c(cc2-c2c1ccc1ccccc21)C(C)(C)c1cc2ccc4cccc5ccc(c1-3)c2c45.CC1(C)c2ccccc2-c2c1cc1ccc3c4c(cc5ccc2c1c53)C(C)(C)c1ccccc1-4.CC1(C)c2ncccc2-c2cc3cc4c5c(ccc6ccc(c21)c3c65)C(C)(C)c1cccnc1-4. The van der Waals surface area contributed by atoms with E-state index in [1.165, 1.54) is 323 Å². The van der Waals surface area contributed by atoms with Gasteiger partial charge < -0.3 is 0 Å². The van der Waals surface area contributed by atoms with E-state index < -0.39 is 0 Å². The Kier molecular flexibility index (Phi) is 15.3. The highest BCUT2D eigenvalue weighted by atomic mass is 14.7. The molecule has 0 fully saturated rings. The summed E-state index contributed by atoms with van der Waals surface area (Å²) in [5.41, 5.74) is 44.7.